The van der Waals surface area contributed by atoms with Gasteiger partial charge in [-0.1, -0.05) is 6.92 Å². The highest BCUT2D eigenvalue weighted by molar-refractivity contribution is 5.10. The number of hydrogen-bond acceptors (Lipinski definition) is 3. The van der Waals surface area contributed by atoms with Crippen molar-refractivity contribution in [2.45, 2.75) is 64.0 Å². The van der Waals surface area contributed by atoms with Crippen LogP contribution in [-0.4, -0.2) is 25.5 Å². The predicted molar refractivity (Wildman–Crippen MR) is 76.0 cm³/mol. The van der Waals surface area contributed by atoms with Gasteiger partial charge in [-0.3, -0.25) is 4.68 Å². The first-order chi connectivity index (χ1) is 9.69. The van der Waals surface area contributed by atoms with Gasteiger partial charge in [-0.05, 0) is 62.2 Å². The number of aryl methyl sites for hydroxylation is 1. The SMILES string of the molecule is CCCn1ncnc1CC1(O)C2CC3CC(C2)CC1C3. The first kappa shape index (κ1) is 12.8. The van der Waals surface area contributed by atoms with E-state index in [1.807, 2.05) is 4.68 Å². The number of aromatic nitrogens is 3. The van der Waals surface area contributed by atoms with Gasteiger partial charge in [0.25, 0.3) is 0 Å². The van der Waals surface area contributed by atoms with E-state index < -0.39 is 5.60 Å². The maximum absolute atomic E-state index is 11.4. The third-order valence-corrected chi connectivity index (χ3v) is 6.12. The molecule has 4 fully saturated rings. The average Bonchev–Trinajstić information content (AvgIpc) is 2.83. The lowest BCUT2D eigenvalue weighted by Gasteiger charge is -2.58. The third kappa shape index (κ3) is 1.84. The molecule has 0 aliphatic heterocycles. The molecule has 4 bridgehead atoms. The molecule has 0 atom stereocenters. The molecule has 20 heavy (non-hydrogen) atoms. The molecule has 4 heteroatoms. The summed E-state index contributed by atoms with van der Waals surface area (Å²) in [5.41, 5.74) is -0.508. The molecule has 1 heterocycles. The van der Waals surface area contributed by atoms with Crippen LogP contribution in [0, 0.1) is 23.7 Å². The van der Waals surface area contributed by atoms with E-state index in [0.29, 0.717) is 18.3 Å². The molecule has 0 aromatic carbocycles. The maximum atomic E-state index is 11.4. The van der Waals surface area contributed by atoms with Crippen molar-refractivity contribution in [2.24, 2.45) is 23.7 Å². The minimum Gasteiger partial charge on any atom is -0.389 e. The molecule has 0 spiro atoms. The Bertz CT molecular complexity index is 468. The van der Waals surface area contributed by atoms with Crippen molar-refractivity contribution in [3.63, 3.8) is 0 Å². The summed E-state index contributed by atoms with van der Waals surface area (Å²) in [6.45, 7) is 3.06. The van der Waals surface area contributed by atoms with E-state index in [9.17, 15) is 5.11 Å². The summed E-state index contributed by atoms with van der Waals surface area (Å²) in [4.78, 5) is 4.42. The lowest BCUT2D eigenvalue weighted by Crippen LogP contribution is -2.59. The van der Waals surface area contributed by atoms with Gasteiger partial charge < -0.3 is 5.11 Å². The van der Waals surface area contributed by atoms with Gasteiger partial charge >= 0.3 is 0 Å². The van der Waals surface area contributed by atoms with E-state index in [-0.39, 0.29) is 0 Å². The molecule has 110 valence electrons. The highest BCUT2D eigenvalue weighted by Crippen LogP contribution is 2.58. The Morgan fingerprint density at radius 1 is 1.20 bits per heavy atom. The average molecular weight is 275 g/mol. The predicted octanol–water partition coefficient (Wildman–Crippen LogP) is 2.42. The van der Waals surface area contributed by atoms with Crippen LogP contribution in [0.2, 0.25) is 0 Å². The Hall–Kier alpha value is -0.900. The third-order valence-electron chi connectivity index (χ3n) is 6.12. The van der Waals surface area contributed by atoms with Crippen LogP contribution in [0.25, 0.3) is 0 Å². The summed E-state index contributed by atoms with van der Waals surface area (Å²) in [7, 11) is 0. The molecule has 4 aliphatic carbocycles. The number of nitrogens with zero attached hydrogens (tertiary/aromatic N) is 3. The molecular formula is C16H25N3O. The highest BCUT2D eigenvalue weighted by atomic mass is 16.3. The monoisotopic (exact) mass is 275 g/mol. The first-order valence-electron chi connectivity index (χ1n) is 8.28. The second-order valence-electron chi connectivity index (χ2n) is 7.37. The van der Waals surface area contributed by atoms with Gasteiger partial charge in [0.05, 0.1) is 5.60 Å². The Kier molecular flexibility index (Phi) is 2.92. The number of aliphatic hydroxyl groups is 1. The summed E-state index contributed by atoms with van der Waals surface area (Å²) in [5, 5.41) is 15.7. The van der Waals surface area contributed by atoms with E-state index >= 15 is 0 Å². The van der Waals surface area contributed by atoms with Crippen LogP contribution in [0.15, 0.2) is 6.33 Å². The fourth-order valence-electron chi connectivity index (χ4n) is 5.37. The molecular weight excluding hydrogens is 250 g/mol. The molecule has 5 rings (SSSR count). The van der Waals surface area contributed by atoms with Crippen LogP contribution in [0.1, 0.15) is 51.3 Å². The van der Waals surface area contributed by atoms with E-state index in [2.05, 4.69) is 17.0 Å². The van der Waals surface area contributed by atoms with Gasteiger partial charge in [0, 0.05) is 13.0 Å². The zero-order valence-corrected chi connectivity index (χ0v) is 12.3. The molecule has 0 amide bonds. The number of rotatable bonds is 4. The van der Waals surface area contributed by atoms with Crippen LogP contribution < -0.4 is 0 Å². The minimum atomic E-state index is -0.508. The molecule has 1 aromatic rings. The molecule has 4 aliphatic rings. The Morgan fingerprint density at radius 2 is 1.85 bits per heavy atom. The molecule has 0 unspecified atom stereocenters. The summed E-state index contributed by atoms with van der Waals surface area (Å²) < 4.78 is 1.99. The van der Waals surface area contributed by atoms with Crippen molar-refractivity contribution in [1.29, 1.82) is 0 Å². The fourth-order valence-corrected chi connectivity index (χ4v) is 5.37. The summed E-state index contributed by atoms with van der Waals surface area (Å²) in [6.07, 6.45) is 9.81. The van der Waals surface area contributed by atoms with E-state index in [0.717, 1.165) is 30.6 Å². The second-order valence-corrected chi connectivity index (χ2v) is 7.37. The van der Waals surface area contributed by atoms with Crippen molar-refractivity contribution in [2.75, 3.05) is 0 Å². The van der Waals surface area contributed by atoms with E-state index in [1.54, 1.807) is 6.33 Å². The fraction of sp³-hybridized carbons (Fsp3) is 0.875. The van der Waals surface area contributed by atoms with Crippen LogP contribution in [0.4, 0.5) is 0 Å². The molecule has 4 saturated carbocycles. The molecule has 0 radical (unpaired) electrons. The second kappa shape index (κ2) is 4.55. The van der Waals surface area contributed by atoms with E-state index in [1.165, 1.54) is 32.1 Å². The molecule has 1 N–H and O–H groups in total. The Morgan fingerprint density at radius 3 is 2.45 bits per heavy atom. The minimum absolute atomic E-state index is 0.505. The maximum Gasteiger partial charge on any atom is 0.138 e. The molecule has 4 nitrogen and oxygen atoms in total. The van der Waals surface area contributed by atoms with Crippen LogP contribution in [-0.2, 0) is 13.0 Å². The van der Waals surface area contributed by atoms with Crippen LogP contribution >= 0.6 is 0 Å². The quantitative estimate of drug-likeness (QED) is 0.918. The normalized spacial score (nSPS) is 42.3. The van der Waals surface area contributed by atoms with Crippen molar-refractivity contribution < 1.29 is 5.11 Å². The van der Waals surface area contributed by atoms with Gasteiger partial charge in [-0.2, -0.15) is 5.10 Å². The van der Waals surface area contributed by atoms with E-state index in [4.69, 9.17) is 0 Å². The smallest absolute Gasteiger partial charge is 0.138 e. The standard InChI is InChI=1S/C16H25N3O/c1-2-3-19-15(17-10-18-19)9-16(20)13-5-11-4-12(7-13)8-14(16)6-11/h10-14,20H,2-9H2,1H3. The van der Waals surface area contributed by atoms with Gasteiger partial charge in [-0.15, -0.1) is 0 Å². The van der Waals surface area contributed by atoms with Crippen molar-refractivity contribution in [3.8, 4) is 0 Å². The van der Waals surface area contributed by atoms with Crippen LogP contribution in [0.3, 0.4) is 0 Å². The topological polar surface area (TPSA) is 50.9 Å². The summed E-state index contributed by atoms with van der Waals surface area (Å²) in [6, 6.07) is 0. The number of hydrogen-bond donors (Lipinski definition) is 1. The van der Waals surface area contributed by atoms with Gasteiger partial charge in [-0.25, -0.2) is 4.98 Å². The largest absolute Gasteiger partial charge is 0.389 e. The molecule has 0 saturated heterocycles. The zero-order chi connectivity index (χ0) is 13.7. The molecule has 1 aromatic heterocycles. The summed E-state index contributed by atoms with van der Waals surface area (Å²) in [5.74, 6) is 3.79. The van der Waals surface area contributed by atoms with Crippen molar-refractivity contribution in [1.82, 2.24) is 14.8 Å². The lowest BCUT2D eigenvalue weighted by atomic mass is 9.49. The van der Waals surface area contributed by atoms with Gasteiger partial charge in [0.1, 0.15) is 12.2 Å². The van der Waals surface area contributed by atoms with Crippen molar-refractivity contribution >= 4 is 0 Å². The Balaban J connectivity index is 1.59. The van der Waals surface area contributed by atoms with Gasteiger partial charge in [0.15, 0.2) is 0 Å². The highest BCUT2D eigenvalue weighted by Gasteiger charge is 2.56. The van der Waals surface area contributed by atoms with Crippen LogP contribution in [0.5, 0.6) is 0 Å². The first-order valence-corrected chi connectivity index (χ1v) is 8.28. The Labute approximate surface area is 120 Å². The van der Waals surface area contributed by atoms with Crippen molar-refractivity contribution in [3.05, 3.63) is 12.2 Å². The summed E-state index contributed by atoms with van der Waals surface area (Å²) >= 11 is 0. The lowest BCUT2D eigenvalue weighted by molar-refractivity contribution is -0.172. The van der Waals surface area contributed by atoms with Gasteiger partial charge in [0.2, 0.25) is 0 Å². The zero-order valence-electron chi connectivity index (χ0n) is 12.3.